The Hall–Kier alpha value is -0.600. The minimum absolute atomic E-state index is 0.477. The molecule has 0 saturated heterocycles. The van der Waals surface area contributed by atoms with Gasteiger partial charge in [-0.05, 0) is 56.6 Å². The van der Waals surface area contributed by atoms with Crippen LogP contribution in [0.3, 0.4) is 0 Å². The van der Waals surface area contributed by atoms with Crippen LogP contribution in [0.25, 0.3) is 23.1 Å². The molecule has 0 N–H and O–H groups in total. The zero-order valence-electron chi connectivity index (χ0n) is 11.6. The monoisotopic (exact) mass is 529 g/mol. The molecule has 1 unspecified atom stereocenters. The van der Waals surface area contributed by atoms with Gasteiger partial charge in [-0.1, -0.05) is 80.1 Å². The van der Waals surface area contributed by atoms with Gasteiger partial charge >= 0.3 is 0 Å². The van der Waals surface area contributed by atoms with Crippen LogP contribution in [0.1, 0.15) is 20.1 Å². The molecule has 4 heteroatoms. The van der Waals surface area contributed by atoms with Crippen molar-refractivity contribution in [3.63, 3.8) is 0 Å². The lowest BCUT2D eigenvalue weighted by molar-refractivity contribution is 1.37. The molecule has 0 aliphatic heterocycles. The number of nitrogens with zero attached hydrogens (tertiary/aromatic N) is 1. The van der Waals surface area contributed by atoms with E-state index < -0.39 is 0 Å². The highest BCUT2D eigenvalue weighted by Gasteiger charge is 2.05. The Morgan fingerprint density at radius 3 is 2.68 bits per heavy atom. The number of hydrogen-bond donors (Lipinski definition) is 0. The van der Waals surface area contributed by atoms with E-state index in [4.69, 9.17) is 0 Å². The topological polar surface area (TPSA) is 12.9 Å². The molecule has 1 atom stereocenters. The fourth-order valence-electron chi connectivity index (χ4n) is 2.21. The second-order valence-electron chi connectivity index (χ2n) is 4.84. The van der Waals surface area contributed by atoms with Gasteiger partial charge in [-0.15, -0.1) is 0 Å². The first-order valence-electron chi connectivity index (χ1n) is 6.81. The number of rotatable bonds is 4. The molecular weight excluding hydrogens is 516 g/mol. The molecule has 0 radical (unpaired) electrons. The summed E-state index contributed by atoms with van der Waals surface area (Å²) in [7, 11) is 1.82. The number of aromatic nitrogens is 1. The van der Waals surface area contributed by atoms with Crippen LogP contribution < -0.4 is 0 Å². The summed E-state index contributed by atoms with van der Waals surface area (Å²) in [5.41, 5.74) is 4.57. The van der Waals surface area contributed by atoms with E-state index in [1.54, 1.807) is 0 Å². The summed E-state index contributed by atoms with van der Waals surface area (Å²) in [5, 5.41) is 1.17. The maximum atomic E-state index is 4.67. The quantitative estimate of drug-likeness (QED) is 0.269. The molecule has 0 fully saturated rings. The number of pyridine rings is 1. The minimum atomic E-state index is 0.477. The van der Waals surface area contributed by atoms with Crippen molar-refractivity contribution in [2.75, 3.05) is 0 Å². The average Bonchev–Trinajstić information content (AvgIpc) is 2.59. The van der Waals surface area contributed by atoms with Crippen LogP contribution in [0.4, 0.5) is 0 Å². The number of halogens is 2. The normalized spacial score (nSPS) is 12.8. The highest BCUT2D eigenvalue weighted by atomic mass is 127. The molecule has 1 nitrogen and oxygen atoms in total. The van der Waals surface area contributed by atoms with Gasteiger partial charge in [-0.3, -0.25) is 0 Å². The molecule has 3 aromatic rings. The average molecular weight is 529 g/mol. The van der Waals surface area contributed by atoms with Gasteiger partial charge in [0.05, 0.1) is 14.5 Å². The Bertz CT molecular complexity index is 817. The largest absolute Gasteiger partial charge is 0.248 e. The van der Waals surface area contributed by atoms with Crippen LogP contribution in [0.2, 0.25) is 0 Å². The fourth-order valence-corrected chi connectivity index (χ4v) is 3.73. The molecule has 22 heavy (non-hydrogen) atoms. The number of para-hydroxylation sites is 1. The van der Waals surface area contributed by atoms with Crippen molar-refractivity contribution in [1.82, 2.24) is 4.98 Å². The molecule has 1 heterocycles. The van der Waals surface area contributed by atoms with Crippen LogP contribution in [0, 0.1) is 0 Å². The second kappa shape index (κ2) is 7.79. The smallest absolute Gasteiger partial charge is 0.0913 e. The SMILES string of the molecule is ISC(I)c1cccc(/C=C/c2ccc3ccccc3n2)c1. The van der Waals surface area contributed by atoms with E-state index in [0.717, 1.165) is 11.2 Å². The second-order valence-corrected chi connectivity index (χ2v) is 9.10. The van der Waals surface area contributed by atoms with Gasteiger partial charge in [0.1, 0.15) is 0 Å². The Morgan fingerprint density at radius 1 is 0.955 bits per heavy atom. The molecule has 3 rings (SSSR count). The summed E-state index contributed by atoms with van der Waals surface area (Å²) in [4.78, 5) is 4.67. The number of hydrogen-bond acceptors (Lipinski definition) is 2. The number of benzene rings is 2. The van der Waals surface area contributed by atoms with Crippen molar-refractivity contribution in [3.8, 4) is 0 Å². The van der Waals surface area contributed by atoms with Gasteiger partial charge in [0.2, 0.25) is 0 Å². The first-order chi connectivity index (χ1) is 10.8. The van der Waals surface area contributed by atoms with Crippen molar-refractivity contribution in [2.24, 2.45) is 0 Å². The third-order valence-corrected chi connectivity index (χ3v) is 9.67. The molecule has 0 bridgehead atoms. The fraction of sp³-hybridized carbons (Fsp3) is 0.0556. The van der Waals surface area contributed by atoms with Crippen LogP contribution in [0.5, 0.6) is 0 Å². The predicted octanol–water partition coefficient (Wildman–Crippen LogP) is 6.92. The molecule has 0 aliphatic rings. The van der Waals surface area contributed by atoms with Crippen molar-refractivity contribution in [3.05, 3.63) is 77.5 Å². The Morgan fingerprint density at radius 2 is 1.82 bits per heavy atom. The molecule has 0 spiro atoms. The number of alkyl halides is 1. The third-order valence-electron chi connectivity index (χ3n) is 3.32. The summed E-state index contributed by atoms with van der Waals surface area (Å²) in [5.74, 6) is 0. The van der Waals surface area contributed by atoms with E-state index in [1.165, 1.54) is 16.5 Å². The summed E-state index contributed by atoms with van der Waals surface area (Å²) < 4.78 is 0.477. The van der Waals surface area contributed by atoms with E-state index in [9.17, 15) is 0 Å². The lowest BCUT2D eigenvalue weighted by atomic mass is 10.1. The molecule has 2 aromatic carbocycles. The van der Waals surface area contributed by atoms with Crippen LogP contribution in [-0.2, 0) is 0 Å². The predicted molar refractivity (Wildman–Crippen MR) is 115 cm³/mol. The minimum Gasteiger partial charge on any atom is -0.248 e. The maximum absolute atomic E-state index is 4.67. The third kappa shape index (κ3) is 4.02. The molecule has 0 amide bonds. The summed E-state index contributed by atoms with van der Waals surface area (Å²) >= 11 is 4.80. The first-order valence-corrected chi connectivity index (χ1v) is 11.5. The van der Waals surface area contributed by atoms with Crippen molar-refractivity contribution in [1.29, 1.82) is 0 Å². The summed E-state index contributed by atoms with van der Waals surface area (Å²) in [6, 6.07) is 21.0. The lowest BCUT2D eigenvalue weighted by Crippen LogP contribution is -1.84. The van der Waals surface area contributed by atoms with E-state index in [2.05, 4.69) is 103 Å². The summed E-state index contributed by atoms with van der Waals surface area (Å²) in [6.45, 7) is 0. The molecule has 0 aliphatic carbocycles. The Kier molecular flexibility index (Phi) is 5.76. The number of fused-ring (bicyclic) bond motifs is 1. The van der Waals surface area contributed by atoms with Gasteiger partial charge in [0, 0.05) is 5.39 Å². The van der Waals surface area contributed by atoms with Crippen molar-refractivity contribution >= 4 is 75.8 Å². The van der Waals surface area contributed by atoms with E-state index in [-0.39, 0.29) is 0 Å². The van der Waals surface area contributed by atoms with E-state index in [0.29, 0.717) is 3.26 Å². The van der Waals surface area contributed by atoms with Gasteiger partial charge in [-0.25, -0.2) is 4.98 Å². The maximum Gasteiger partial charge on any atom is 0.0913 e. The van der Waals surface area contributed by atoms with E-state index >= 15 is 0 Å². The zero-order chi connectivity index (χ0) is 15.4. The molecule has 1 aromatic heterocycles. The van der Waals surface area contributed by atoms with Crippen molar-refractivity contribution in [2.45, 2.75) is 3.26 Å². The highest BCUT2D eigenvalue weighted by molar-refractivity contribution is 14.2. The lowest BCUT2D eigenvalue weighted by Gasteiger charge is -2.06. The van der Waals surface area contributed by atoms with Gasteiger partial charge in [-0.2, -0.15) is 0 Å². The Labute approximate surface area is 160 Å². The molecular formula is C18H13I2NS. The van der Waals surface area contributed by atoms with Gasteiger partial charge in [0.25, 0.3) is 0 Å². The van der Waals surface area contributed by atoms with Crippen molar-refractivity contribution < 1.29 is 0 Å². The first kappa shape index (κ1) is 16.3. The Balaban J connectivity index is 1.86. The van der Waals surface area contributed by atoms with Gasteiger partial charge in [0.15, 0.2) is 0 Å². The van der Waals surface area contributed by atoms with E-state index in [1.807, 2.05) is 27.1 Å². The van der Waals surface area contributed by atoms with Crippen LogP contribution in [0.15, 0.2) is 60.7 Å². The van der Waals surface area contributed by atoms with Crippen LogP contribution >= 0.6 is 52.7 Å². The standard InChI is InChI=1S/C18H13I2NS/c19-18(22-20)15-6-3-4-13(12-15)8-10-16-11-9-14-5-1-2-7-17(14)21-16/h1-12,18H/b10-8+. The zero-order valence-corrected chi connectivity index (χ0v) is 16.7. The summed E-state index contributed by atoms with van der Waals surface area (Å²) in [6.07, 6.45) is 4.20. The molecule has 110 valence electrons. The molecule has 0 saturated carbocycles. The highest BCUT2D eigenvalue weighted by Crippen LogP contribution is 2.39. The van der Waals surface area contributed by atoms with Crippen LogP contribution in [-0.4, -0.2) is 4.98 Å². The van der Waals surface area contributed by atoms with Gasteiger partial charge < -0.3 is 0 Å².